The fourth-order valence-corrected chi connectivity index (χ4v) is 5.84. The molecule has 200 valence electrons. The lowest BCUT2D eigenvalue weighted by molar-refractivity contribution is 0.413. The monoisotopic (exact) mass is 541 g/mol. The lowest BCUT2D eigenvalue weighted by atomic mass is 9.84. The van der Waals surface area contributed by atoms with E-state index >= 15 is 0 Å². The van der Waals surface area contributed by atoms with E-state index in [4.69, 9.17) is 22.6 Å². The molecule has 0 aliphatic heterocycles. The summed E-state index contributed by atoms with van der Waals surface area (Å²) in [5.74, 6) is 0.956. The van der Waals surface area contributed by atoms with E-state index in [0.717, 1.165) is 60.5 Å². The zero-order valence-electron chi connectivity index (χ0n) is 24.0. The maximum atomic E-state index is 5.33. The van der Waals surface area contributed by atoms with E-state index in [9.17, 15) is 0 Å². The van der Waals surface area contributed by atoms with Crippen molar-refractivity contribution < 1.29 is 0 Å². The Hall–Kier alpha value is -3.89. The Morgan fingerprint density at radius 3 is 2.12 bits per heavy atom. The van der Waals surface area contributed by atoms with Gasteiger partial charge in [0.1, 0.15) is 5.82 Å². The predicted octanol–water partition coefficient (Wildman–Crippen LogP) is 9.93. The molecular weight excluding hydrogens is 506 g/mol. The van der Waals surface area contributed by atoms with Gasteiger partial charge >= 0.3 is 0 Å². The van der Waals surface area contributed by atoms with Crippen molar-refractivity contribution >= 4 is 34.6 Å². The van der Waals surface area contributed by atoms with Gasteiger partial charge in [-0.2, -0.15) is 0 Å². The van der Waals surface area contributed by atoms with Gasteiger partial charge in [-0.15, -0.1) is 12.6 Å². The molecule has 0 aliphatic rings. The SMILES string of the molecule is CC(C)(C)c1cc(-c2cccc(-c3nc4c(-c5ccccc5S)cccc4n3C(C)(C)C)c2)c2ncccc2c1. The van der Waals surface area contributed by atoms with Crippen molar-refractivity contribution in [1.82, 2.24) is 14.5 Å². The van der Waals surface area contributed by atoms with E-state index in [1.807, 2.05) is 24.4 Å². The Bertz CT molecular complexity index is 1880. The predicted molar refractivity (Wildman–Crippen MR) is 172 cm³/mol. The Kier molecular flexibility index (Phi) is 6.35. The summed E-state index contributed by atoms with van der Waals surface area (Å²) in [5, 5.41) is 1.16. The Morgan fingerprint density at radius 2 is 1.38 bits per heavy atom. The summed E-state index contributed by atoms with van der Waals surface area (Å²) in [7, 11) is 0. The minimum Gasteiger partial charge on any atom is -0.319 e. The molecule has 6 aromatic rings. The van der Waals surface area contributed by atoms with Crippen molar-refractivity contribution in [1.29, 1.82) is 0 Å². The van der Waals surface area contributed by atoms with Gasteiger partial charge in [-0.25, -0.2) is 4.98 Å². The minimum absolute atomic E-state index is 0.0241. The highest BCUT2D eigenvalue weighted by Gasteiger charge is 2.25. The molecule has 4 aromatic carbocycles. The van der Waals surface area contributed by atoms with Crippen molar-refractivity contribution in [3.8, 4) is 33.6 Å². The highest BCUT2D eigenvalue weighted by molar-refractivity contribution is 7.80. The summed E-state index contributed by atoms with van der Waals surface area (Å²) in [4.78, 5) is 11.1. The van der Waals surface area contributed by atoms with Crippen LogP contribution in [0.4, 0.5) is 0 Å². The molecule has 6 rings (SSSR count). The number of aromatic nitrogens is 3. The van der Waals surface area contributed by atoms with Crippen molar-refractivity contribution in [3.63, 3.8) is 0 Å². The van der Waals surface area contributed by atoms with Gasteiger partial charge in [-0.05, 0) is 79.3 Å². The van der Waals surface area contributed by atoms with Crippen molar-refractivity contribution in [2.24, 2.45) is 0 Å². The lowest BCUT2D eigenvalue weighted by Crippen LogP contribution is -2.22. The van der Waals surface area contributed by atoms with Gasteiger partial charge < -0.3 is 4.57 Å². The number of nitrogens with zero attached hydrogens (tertiary/aromatic N) is 3. The summed E-state index contributed by atoms with van der Waals surface area (Å²) < 4.78 is 2.37. The molecule has 2 aromatic heterocycles. The highest BCUT2D eigenvalue weighted by atomic mass is 32.1. The molecule has 2 heterocycles. The van der Waals surface area contributed by atoms with Crippen LogP contribution >= 0.6 is 12.6 Å². The number of fused-ring (bicyclic) bond motifs is 2. The first-order valence-corrected chi connectivity index (χ1v) is 14.3. The summed E-state index contributed by atoms with van der Waals surface area (Å²) in [5.41, 5.74) is 9.81. The normalized spacial score (nSPS) is 12.4. The molecule has 3 nitrogen and oxygen atoms in total. The molecule has 0 unspecified atom stereocenters. The fourth-order valence-electron chi connectivity index (χ4n) is 5.56. The molecule has 0 radical (unpaired) electrons. The van der Waals surface area contributed by atoms with Crippen molar-refractivity contribution in [2.45, 2.75) is 57.4 Å². The van der Waals surface area contributed by atoms with Crippen LogP contribution in [0.1, 0.15) is 47.1 Å². The molecule has 0 saturated carbocycles. The first-order chi connectivity index (χ1) is 19.0. The number of hydrogen-bond donors (Lipinski definition) is 1. The summed E-state index contributed by atoms with van der Waals surface area (Å²) in [6.45, 7) is 13.5. The molecule has 0 aliphatic carbocycles. The quantitative estimate of drug-likeness (QED) is 0.226. The average Bonchev–Trinajstić information content (AvgIpc) is 3.33. The van der Waals surface area contributed by atoms with E-state index < -0.39 is 0 Å². The summed E-state index contributed by atoms with van der Waals surface area (Å²) in [6, 6.07) is 32.2. The van der Waals surface area contributed by atoms with Gasteiger partial charge in [0.15, 0.2) is 0 Å². The number of para-hydroxylation sites is 1. The maximum absolute atomic E-state index is 5.33. The van der Waals surface area contributed by atoms with Crippen LogP contribution in [0.2, 0.25) is 0 Å². The number of thiol groups is 1. The smallest absolute Gasteiger partial charge is 0.141 e. The lowest BCUT2D eigenvalue weighted by Gasteiger charge is -2.25. The second-order valence-corrected chi connectivity index (χ2v) is 13.0. The number of hydrogen-bond acceptors (Lipinski definition) is 3. The van der Waals surface area contributed by atoms with Crippen LogP contribution in [0.15, 0.2) is 102 Å². The maximum Gasteiger partial charge on any atom is 0.141 e. The molecule has 4 heteroatoms. The van der Waals surface area contributed by atoms with Gasteiger partial charge in [-0.1, -0.05) is 75.4 Å². The van der Waals surface area contributed by atoms with Crippen LogP contribution in [0, 0.1) is 0 Å². The van der Waals surface area contributed by atoms with Gasteiger partial charge in [-0.3, -0.25) is 4.98 Å². The van der Waals surface area contributed by atoms with E-state index in [1.54, 1.807) is 0 Å². The van der Waals surface area contributed by atoms with Crippen molar-refractivity contribution in [2.75, 3.05) is 0 Å². The van der Waals surface area contributed by atoms with E-state index in [1.165, 1.54) is 5.56 Å². The van der Waals surface area contributed by atoms with E-state index in [2.05, 4.69) is 119 Å². The molecule has 0 bridgehead atoms. The topological polar surface area (TPSA) is 30.7 Å². The van der Waals surface area contributed by atoms with Crippen LogP contribution in [-0.4, -0.2) is 14.5 Å². The Labute approximate surface area is 242 Å². The fraction of sp³-hybridized carbons (Fsp3) is 0.222. The van der Waals surface area contributed by atoms with Crippen LogP contribution in [0.3, 0.4) is 0 Å². The molecule has 0 spiro atoms. The average molecular weight is 542 g/mol. The molecular formula is C36H35N3S. The van der Waals surface area contributed by atoms with E-state index in [-0.39, 0.29) is 11.0 Å². The first-order valence-electron chi connectivity index (χ1n) is 13.8. The molecule has 0 atom stereocenters. The third-order valence-electron chi connectivity index (χ3n) is 7.55. The zero-order valence-corrected chi connectivity index (χ0v) is 24.9. The standard InChI is InChI=1S/C36H35N3S/c1-35(2,3)26-21-24-14-11-19-37-32(24)29(22-26)23-12-9-13-25(20-23)34-38-33-28(27-15-7-8-18-31(27)40)16-10-17-30(33)39(34)36(4,5)6/h7-22,40H,1-6H3. The first kappa shape index (κ1) is 26.3. The van der Waals surface area contributed by atoms with Gasteiger partial charge in [0.05, 0.1) is 16.6 Å². The molecule has 0 amide bonds. The van der Waals surface area contributed by atoms with Crippen LogP contribution < -0.4 is 0 Å². The van der Waals surface area contributed by atoms with Crippen LogP contribution in [0.25, 0.3) is 55.6 Å². The number of benzene rings is 4. The van der Waals surface area contributed by atoms with Gasteiger partial charge in [0.2, 0.25) is 0 Å². The van der Waals surface area contributed by atoms with Crippen molar-refractivity contribution in [3.05, 3.63) is 103 Å². The molecule has 0 fully saturated rings. The number of imidazole rings is 1. The van der Waals surface area contributed by atoms with Crippen LogP contribution in [0.5, 0.6) is 0 Å². The van der Waals surface area contributed by atoms with Gasteiger partial charge in [0, 0.05) is 38.7 Å². The van der Waals surface area contributed by atoms with Crippen LogP contribution in [-0.2, 0) is 11.0 Å². The number of rotatable bonds is 3. The second-order valence-electron chi connectivity index (χ2n) is 12.6. The molecule has 0 N–H and O–H groups in total. The Morgan fingerprint density at radius 1 is 0.650 bits per heavy atom. The third kappa shape index (κ3) is 4.61. The third-order valence-corrected chi connectivity index (χ3v) is 7.94. The minimum atomic E-state index is -0.181. The second kappa shape index (κ2) is 9.64. The van der Waals surface area contributed by atoms with E-state index in [0.29, 0.717) is 0 Å². The number of pyridine rings is 1. The zero-order chi connectivity index (χ0) is 28.2. The highest BCUT2D eigenvalue weighted by Crippen LogP contribution is 2.39. The Balaban J connectivity index is 1.60. The summed E-state index contributed by atoms with van der Waals surface area (Å²) >= 11 is 4.77. The molecule has 0 saturated heterocycles. The van der Waals surface area contributed by atoms with Gasteiger partial charge in [0.25, 0.3) is 0 Å². The largest absolute Gasteiger partial charge is 0.319 e. The summed E-state index contributed by atoms with van der Waals surface area (Å²) in [6.07, 6.45) is 1.88. The molecule has 40 heavy (non-hydrogen) atoms.